The number of ether oxygens (including phenoxy) is 2. The predicted molar refractivity (Wildman–Crippen MR) is 199 cm³/mol. The summed E-state index contributed by atoms with van der Waals surface area (Å²) in [6.07, 6.45) is 6.32. The van der Waals surface area contributed by atoms with E-state index in [1.54, 1.807) is 19.2 Å². The van der Waals surface area contributed by atoms with Crippen molar-refractivity contribution in [3.05, 3.63) is 97.1 Å². The van der Waals surface area contributed by atoms with Crippen LogP contribution < -0.4 is 30.1 Å². The summed E-state index contributed by atoms with van der Waals surface area (Å²) < 4.78 is 25.5. The zero-order valence-corrected chi connectivity index (χ0v) is 29.5. The molecule has 2 N–H and O–H groups in total. The first-order valence-corrected chi connectivity index (χ1v) is 17.5. The number of methoxy groups -OCH3 is 1. The molecule has 0 spiro atoms. The Labute approximate surface area is 299 Å². The van der Waals surface area contributed by atoms with Crippen LogP contribution in [0.3, 0.4) is 0 Å². The molecule has 3 heterocycles. The van der Waals surface area contributed by atoms with E-state index in [-0.39, 0.29) is 17.8 Å². The molecular weight excluding hydrogens is 649 g/mol. The van der Waals surface area contributed by atoms with Crippen molar-refractivity contribution >= 4 is 34.6 Å². The molecular formula is C39H46FN7O4. The van der Waals surface area contributed by atoms with Crippen molar-refractivity contribution in [1.29, 1.82) is 0 Å². The van der Waals surface area contributed by atoms with Gasteiger partial charge in [-0.25, -0.2) is 19.4 Å². The molecule has 4 aromatic rings. The summed E-state index contributed by atoms with van der Waals surface area (Å²) in [5.74, 6) is 2.18. The molecule has 51 heavy (non-hydrogen) atoms. The second-order valence-electron chi connectivity index (χ2n) is 12.6. The Morgan fingerprint density at radius 1 is 1.02 bits per heavy atom. The number of benzene rings is 3. The minimum absolute atomic E-state index is 0.0116. The summed E-state index contributed by atoms with van der Waals surface area (Å²) >= 11 is 0. The Hall–Kier alpha value is -5.20. The van der Waals surface area contributed by atoms with Gasteiger partial charge in [-0.15, -0.1) is 0 Å². The van der Waals surface area contributed by atoms with E-state index < -0.39 is 0 Å². The van der Waals surface area contributed by atoms with Crippen LogP contribution in [0.5, 0.6) is 17.2 Å². The topological polar surface area (TPSA) is 104 Å². The maximum absolute atomic E-state index is 13.7. The van der Waals surface area contributed by atoms with Crippen molar-refractivity contribution in [3.63, 3.8) is 0 Å². The molecule has 1 amide bonds. The van der Waals surface area contributed by atoms with Crippen LogP contribution in [0.15, 0.2) is 85.7 Å². The first kappa shape index (κ1) is 35.6. The van der Waals surface area contributed by atoms with Gasteiger partial charge in [-0.2, -0.15) is 0 Å². The third-order valence-electron chi connectivity index (χ3n) is 9.45. The molecule has 0 radical (unpaired) electrons. The summed E-state index contributed by atoms with van der Waals surface area (Å²) in [7, 11) is 1.63. The summed E-state index contributed by atoms with van der Waals surface area (Å²) in [4.78, 5) is 32.5. The van der Waals surface area contributed by atoms with Crippen molar-refractivity contribution in [2.24, 2.45) is 0 Å². The molecule has 2 saturated heterocycles. The van der Waals surface area contributed by atoms with Crippen LogP contribution in [0.4, 0.5) is 33.1 Å². The van der Waals surface area contributed by atoms with Crippen LogP contribution in [0.25, 0.3) is 0 Å². The van der Waals surface area contributed by atoms with Crippen molar-refractivity contribution in [2.45, 2.75) is 51.6 Å². The third-order valence-corrected chi connectivity index (χ3v) is 9.45. The van der Waals surface area contributed by atoms with Crippen molar-refractivity contribution in [3.8, 4) is 17.2 Å². The monoisotopic (exact) mass is 695 g/mol. The summed E-state index contributed by atoms with van der Waals surface area (Å²) in [6, 6.07) is 20.1. The predicted octanol–water partition coefficient (Wildman–Crippen LogP) is 7.35. The summed E-state index contributed by atoms with van der Waals surface area (Å²) in [5, 5.41) is 8.21. The van der Waals surface area contributed by atoms with E-state index >= 15 is 0 Å². The first-order valence-electron chi connectivity index (χ1n) is 17.5. The first-order chi connectivity index (χ1) is 24.9. The molecule has 2 aliphatic rings. The number of rotatable bonds is 14. The highest BCUT2D eigenvalue weighted by Gasteiger charge is 2.29. The Morgan fingerprint density at radius 2 is 1.78 bits per heavy atom. The standard InChI is InChI=1S/C39H46FN7O4/c1-5-39(48)44-33-23-34(36(49-4)24-35(33)46-17-14-29(15-18-46)45(6-2)7-3)43-37-25-38(42-26-41-37)47-30(16-19-50-47)20-27-10-8-12-31(21-27)51-32-13-9-11-28(40)22-32/h5,8-13,21-26,29-30H,1,6-7,14-20H2,2-4H3,(H,44,48)(H,41,42,43). The molecule has 11 nitrogen and oxygen atoms in total. The molecule has 2 aliphatic heterocycles. The molecule has 12 heteroatoms. The number of halogens is 1. The maximum atomic E-state index is 13.7. The largest absolute Gasteiger partial charge is 0.494 e. The third kappa shape index (κ3) is 8.76. The number of nitrogens with one attached hydrogen (secondary N) is 2. The normalized spacial score (nSPS) is 16.3. The van der Waals surface area contributed by atoms with E-state index in [2.05, 4.69) is 50.8 Å². The van der Waals surface area contributed by atoms with Crippen LogP contribution in [0.2, 0.25) is 0 Å². The Morgan fingerprint density at radius 3 is 2.51 bits per heavy atom. The average Bonchev–Trinajstić information content (AvgIpc) is 3.61. The van der Waals surface area contributed by atoms with Gasteiger partial charge in [-0.05, 0) is 80.7 Å². The molecule has 0 bridgehead atoms. The van der Waals surface area contributed by atoms with Crippen LogP contribution in [0.1, 0.15) is 38.7 Å². The highest BCUT2D eigenvalue weighted by Crippen LogP contribution is 2.40. The number of carbonyl (C=O) groups is 1. The Bertz CT molecular complexity index is 1810. The van der Waals surface area contributed by atoms with E-state index in [9.17, 15) is 9.18 Å². The average molecular weight is 696 g/mol. The Kier molecular flexibility index (Phi) is 11.6. The fourth-order valence-corrected chi connectivity index (χ4v) is 6.89. The minimum Gasteiger partial charge on any atom is -0.494 e. The number of nitrogens with zero attached hydrogens (tertiary/aromatic N) is 5. The number of amides is 1. The quantitative estimate of drug-likeness (QED) is 0.130. The van der Waals surface area contributed by atoms with E-state index in [1.807, 2.05) is 47.5 Å². The number of anilines is 5. The lowest BCUT2D eigenvalue weighted by atomic mass is 10.0. The highest BCUT2D eigenvalue weighted by molar-refractivity contribution is 6.02. The number of aromatic nitrogens is 2. The summed E-state index contributed by atoms with van der Waals surface area (Å²) in [6.45, 7) is 12.4. The van der Waals surface area contributed by atoms with E-state index in [1.165, 1.54) is 24.5 Å². The fourth-order valence-electron chi connectivity index (χ4n) is 6.89. The van der Waals surface area contributed by atoms with Crippen molar-refractivity contribution in [1.82, 2.24) is 14.9 Å². The fraction of sp³-hybridized carbons (Fsp3) is 0.359. The van der Waals surface area contributed by atoms with Gasteiger partial charge in [-0.3, -0.25) is 9.63 Å². The molecule has 268 valence electrons. The van der Waals surface area contributed by atoms with E-state index in [4.69, 9.17) is 14.3 Å². The molecule has 1 unspecified atom stereocenters. The second-order valence-corrected chi connectivity index (χ2v) is 12.6. The van der Waals surface area contributed by atoms with E-state index in [0.717, 1.165) is 56.7 Å². The minimum atomic E-state index is -0.349. The smallest absolute Gasteiger partial charge is 0.247 e. The van der Waals surface area contributed by atoms with Crippen LogP contribution >= 0.6 is 0 Å². The van der Waals surface area contributed by atoms with Gasteiger partial charge in [0.2, 0.25) is 5.91 Å². The van der Waals surface area contributed by atoms with Gasteiger partial charge in [0.15, 0.2) is 5.82 Å². The summed E-state index contributed by atoms with van der Waals surface area (Å²) in [5.41, 5.74) is 3.24. The number of carbonyl (C=O) groups excluding carboxylic acids is 1. The van der Waals surface area contributed by atoms with Gasteiger partial charge < -0.3 is 29.9 Å². The van der Waals surface area contributed by atoms with Gasteiger partial charge >= 0.3 is 0 Å². The molecule has 1 aromatic heterocycles. The maximum Gasteiger partial charge on any atom is 0.247 e. The van der Waals surface area contributed by atoms with Crippen LogP contribution in [0, 0.1) is 5.82 Å². The zero-order valence-electron chi connectivity index (χ0n) is 29.5. The van der Waals surface area contributed by atoms with Gasteiger partial charge in [0.1, 0.15) is 35.2 Å². The van der Waals surface area contributed by atoms with Crippen molar-refractivity contribution < 1.29 is 23.5 Å². The number of hydrogen-bond acceptors (Lipinski definition) is 10. The molecule has 6 rings (SSSR count). The molecule has 1 atom stereocenters. The SMILES string of the molecule is C=CC(=O)Nc1cc(Nc2cc(N3OCCC3Cc3cccc(Oc4cccc(F)c4)c3)ncn2)c(OC)cc1N1CCC(N(CC)CC)CC1. The highest BCUT2D eigenvalue weighted by atomic mass is 19.1. The lowest BCUT2D eigenvalue weighted by molar-refractivity contribution is -0.111. The lowest BCUT2D eigenvalue weighted by Gasteiger charge is -2.39. The molecule has 0 saturated carbocycles. The molecule has 0 aliphatic carbocycles. The molecule has 2 fully saturated rings. The van der Waals surface area contributed by atoms with Crippen LogP contribution in [-0.2, 0) is 16.1 Å². The zero-order chi connectivity index (χ0) is 35.7. The second kappa shape index (κ2) is 16.7. The van der Waals surface area contributed by atoms with Crippen LogP contribution in [-0.4, -0.2) is 72.8 Å². The van der Waals surface area contributed by atoms with Gasteiger partial charge in [0, 0.05) is 37.3 Å². The number of hydrogen-bond donors (Lipinski definition) is 2. The number of piperidine rings is 1. The lowest BCUT2D eigenvalue weighted by Crippen LogP contribution is -2.45. The van der Waals surface area contributed by atoms with E-state index in [0.29, 0.717) is 59.3 Å². The van der Waals surface area contributed by atoms with Gasteiger partial charge in [0.05, 0.1) is 36.8 Å². The van der Waals surface area contributed by atoms with Gasteiger partial charge in [0.25, 0.3) is 0 Å². The van der Waals surface area contributed by atoms with Gasteiger partial charge in [-0.1, -0.05) is 38.6 Å². The number of hydroxylamine groups is 1. The Balaban J connectivity index is 1.19. The molecule has 3 aromatic carbocycles. The van der Waals surface area contributed by atoms with Crippen molar-refractivity contribution in [2.75, 3.05) is 60.5 Å².